The normalized spacial score (nSPS) is 11.0. The van der Waals surface area contributed by atoms with E-state index < -0.39 is 11.7 Å². The van der Waals surface area contributed by atoms with Crippen LogP contribution in [0.2, 0.25) is 0 Å². The van der Waals surface area contributed by atoms with E-state index in [0.717, 1.165) is 5.56 Å². The van der Waals surface area contributed by atoms with Crippen LogP contribution in [-0.4, -0.2) is 32.4 Å². The van der Waals surface area contributed by atoms with Gasteiger partial charge in [0.1, 0.15) is 17.0 Å². The SMILES string of the molecule is Cc1nn(C)c(Oc2cccnc2)c1NC(=O)c1ccc(CNC(=O)OC(C)(C)C)cc1. The number of ether oxygens (including phenoxy) is 2. The van der Waals surface area contributed by atoms with Crippen LogP contribution in [0.1, 0.15) is 42.4 Å². The number of hydrogen-bond donors (Lipinski definition) is 2. The summed E-state index contributed by atoms with van der Waals surface area (Å²) in [6, 6.07) is 10.5. The molecular formula is C23H27N5O4. The number of aryl methyl sites for hydroxylation is 2. The second-order valence-electron chi connectivity index (χ2n) is 8.19. The Balaban J connectivity index is 1.66. The minimum atomic E-state index is -0.559. The molecule has 0 spiro atoms. The summed E-state index contributed by atoms with van der Waals surface area (Å²) in [5.41, 5.74) is 1.85. The number of nitrogens with zero attached hydrogens (tertiary/aromatic N) is 3. The molecule has 0 radical (unpaired) electrons. The molecule has 2 N–H and O–H groups in total. The Kier molecular flexibility index (Phi) is 6.77. The molecule has 0 atom stereocenters. The van der Waals surface area contributed by atoms with Crippen LogP contribution in [0.3, 0.4) is 0 Å². The van der Waals surface area contributed by atoms with E-state index in [0.29, 0.717) is 35.1 Å². The molecule has 3 aromatic rings. The van der Waals surface area contributed by atoms with E-state index in [9.17, 15) is 9.59 Å². The third-order valence-electron chi connectivity index (χ3n) is 4.31. The Morgan fingerprint density at radius 2 is 1.84 bits per heavy atom. The van der Waals surface area contributed by atoms with Crippen molar-refractivity contribution < 1.29 is 19.1 Å². The summed E-state index contributed by atoms with van der Waals surface area (Å²) in [4.78, 5) is 28.6. The van der Waals surface area contributed by atoms with Gasteiger partial charge in [-0.1, -0.05) is 12.1 Å². The van der Waals surface area contributed by atoms with Crippen LogP contribution in [0, 0.1) is 6.92 Å². The largest absolute Gasteiger partial charge is 0.444 e. The van der Waals surface area contributed by atoms with Gasteiger partial charge in [-0.3, -0.25) is 9.78 Å². The summed E-state index contributed by atoms with van der Waals surface area (Å²) in [6.07, 6.45) is 2.74. The third kappa shape index (κ3) is 6.07. The highest BCUT2D eigenvalue weighted by molar-refractivity contribution is 6.05. The van der Waals surface area contributed by atoms with E-state index in [1.807, 2.05) is 0 Å². The number of hydrogen-bond acceptors (Lipinski definition) is 6. The quantitative estimate of drug-likeness (QED) is 0.599. The zero-order chi connectivity index (χ0) is 23.3. The Hall–Kier alpha value is -3.88. The first-order valence-corrected chi connectivity index (χ1v) is 10.1. The standard InChI is InChI=1S/C23H27N5O4/c1-15-19(21(28(5)27-15)31-18-7-6-12-24-14-18)26-20(29)17-10-8-16(9-11-17)13-25-22(30)32-23(2,3)4/h6-12,14H,13H2,1-5H3,(H,25,30)(H,26,29). The topological polar surface area (TPSA) is 107 Å². The lowest BCUT2D eigenvalue weighted by molar-refractivity contribution is 0.0523. The van der Waals surface area contributed by atoms with Crippen molar-refractivity contribution in [3.8, 4) is 11.6 Å². The first-order chi connectivity index (χ1) is 15.1. The van der Waals surface area contributed by atoms with Gasteiger partial charge in [-0.2, -0.15) is 5.10 Å². The van der Waals surface area contributed by atoms with Crippen LogP contribution in [0.5, 0.6) is 11.6 Å². The van der Waals surface area contributed by atoms with Crippen molar-refractivity contribution in [2.45, 2.75) is 39.8 Å². The number of aromatic nitrogens is 3. The Morgan fingerprint density at radius 1 is 1.12 bits per heavy atom. The van der Waals surface area contributed by atoms with E-state index in [-0.39, 0.29) is 5.91 Å². The number of amides is 2. The van der Waals surface area contributed by atoms with Crippen LogP contribution >= 0.6 is 0 Å². The second-order valence-corrected chi connectivity index (χ2v) is 8.19. The number of nitrogens with one attached hydrogen (secondary N) is 2. The highest BCUT2D eigenvalue weighted by atomic mass is 16.6. The fourth-order valence-electron chi connectivity index (χ4n) is 2.87. The minimum Gasteiger partial charge on any atom is -0.444 e. The highest BCUT2D eigenvalue weighted by Crippen LogP contribution is 2.31. The summed E-state index contributed by atoms with van der Waals surface area (Å²) in [7, 11) is 1.74. The van der Waals surface area contributed by atoms with Gasteiger partial charge in [0.05, 0.1) is 11.9 Å². The molecule has 1 aromatic carbocycles. The van der Waals surface area contributed by atoms with Crippen LogP contribution in [0.15, 0.2) is 48.8 Å². The number of carbonyl (C=O) groups excluding carboxylic acids is 2. The minimum absolute atomic E-state index is 0.293. The maximum Gasteiger partial charge on any atom is 0.407 e. The molecule has 9 heteroatoms. The average Bonchev–Trinajstić information content (AvgIpc) is 2.99. The first-order valence-electron chi connectivity index (χ1n) is 10.1. The van der Waals surface area contributed by atoms with E-state index in [1.54, 1.807) is 88.2 Å². The molecule has 2 amide bonds. The first kappa shape index (κ1) is 22.8. The Bertz CT molecular complexity index is 1090. The van der Waals surface area contributed by atoms with Crippen molar-refractivity contribution in [1.82, 2.24) is 20.1 Å². The molecule has 168 valence electrons. The number of benzene rings is 1. The van der Waals surface area contributed by atoms with Gasteiger partial charge in [0.25, 0.3) is 5.91 Å². The molecule has 0 unspecified atom stereocenters. The van der Waals surface area contributed by atoms with E-state index in [4.69, 9.17) is 9.47 Å². The number of carbonyl (C=O) groups is 2. The zero-order valence-electron chi connectivity index (χ0n) is 18.8. The molecule has 0 fully saturated rings. The number of anilines is 1. The lowest BCUT2D eigenvalue weighted by Crippen LogP contribution is -2.32. The summed E-state index contributed by atoms with van der Waals surface area (Å²) >= 11 is 0. The Morgan fingerprint density at radius 3 is 2.47 bits per heavy atom. The van der Waals surface area contributed by atoms with E-state index in [2.05, 4.69) is 20.7 Å². The monoisotopic (exact) mass is 437 g/mol. The van der Waals surface area contributed by atoms with E-state index >= 15 is 0 Å². The van der Waals surface area contributed by atoms with Gasteiger partial charge in [0.2, 0.25) is 5.88 Å². The maximum absolute atomic E-state index is 12.8. The molecule has 0 aliphatic carbocycles. The van der Waals surface area contributed by atoms with Gasteiger partial charge < -0.3 is 20.1 Å². The van der Waals surface area contributed by atoms with Gasteiger partial charge in [0.15, 0.2) is 0 Å². The van der Waals surface area contributed by atoms with Crippen LogP contribution < -0.4 is 15.4 Å². The summed E-state index contributed by atoms with van der Waals surface area (Å²) < 4.78 is 12.7. The Labute approximate surface area is 186 Å². The fraction of sp³-hybridized carbons (Fsp3) is 0.304. The highest BCUT2D eigenvalue weighted by Gasteiger charge is 2.19. The fourth-order valence-corrected chi connectivity index (χ4v) is 2.87. The summed E-state index contributed by atoms with van der Waals surface area (Å²) in [5.74, 6) is 0.638. The zero-order valence-corrected chi connectivity index (χ0v) is 18.8. The number of alkyl carbamates (subject to hydrolysis) is 1. The predicted octanol–water partition coefficient (Wildman–Crippen LogP) is 4.19. The van der Waals surface area contributed by atoms with Crippen molar-refractivity contribution in [2.75, 3.05) is 5.32 Å². The molecule has 0 aliphatic rings. The van der Waals surface area contributed by atoms with Crippen molar-refractivity contribution in [1.29, 1.82) is 0 Å². The van der Waals surface area contributed by atoms with Gasteiger partial charge in [-0.25, -0.2) is 9.48 Å². The molecule has 2 aromatic heterocycles. The average molecular weight is 438 g/mol. The summed E-state index contributed by atoms with van der Waals surface area (Å²) in [5, 5.41) is 9.90. The van der Waals surface area contributed by atoms with Crippen LogP contribution in [0.4, 0.5) is 10.5 Å². The molecule has 0 saturated heterocycles. The molecule has 3 rings (SSSR count). The van der Waals surface area contributed by atoms with Crippen molar-refractivity contribution >= 4 is 17.7 Å². The number of rotatable bonds is 6. The van der Waals surface area contributed by atoms with Crippen molar-refractivity contribution in [2.24, 2.45) is 7.05 Å². The van der Waals surface area contributed by atoms with Crippen LogP contribution in [0.25, 0.3) is 0 Å². The van der Waals surface area contributed by atoms with Crippen LogP contribution in [-0.2, 0) is 18.3 Å². The molecule has 32 heavy (non-hydrogen) atoms. The van der Waals surface area contributed by atoms with Gasteiger partial charge in [-0.15, -0.1) is 0 Å². The third-order valence-corrected chi connectivity index (χ3v) is 4.31. The maximum atomic E-state index is 12.8. The van der Waals surface area contributed by atoms with Gasteiger partial charge in [-0.05, 0) is 57.5 Å². The number of pyridine rings is 1. The van der Waals surface area contributed by atoms with Gasteiger partial charge >= 0.3 is 6.09 Å². The van der Waals surface area contributed by atoms with Crippen molar-refractivity contribution in [3.63, 3.8) is 0 Å². The molecule has 0 aliphatic heterocycles. The lowest BCUT2D eigenvalue weighted by atomic mass is 10.1. The predicted molar refractivity (Wildman–Crippen MR) is 120 cm³/mol. The summed E-state index contributed by atoms with van der Waals surface area (Å²) in [6.45, 7) is 7.49. The van der Waals surface area contributed by atoms with E-state index in [1.165, 1.54) is 0 Å². The molecule has 2 heterocycles. The second kappa shape index (κ2) is 9.51. The lowest BCUT2D eigenvalue weighted by Gasteiger charge is -2.19. The molecule has 0 bridgehead atoms. The van der Waals surface area contributed by atoms with Crippen molar-refractivity contribution in [3.05, 3.63) is 65.6 Å². The molecular weight excluding hydrogens is 410 g/mol. The molecule has 9 nitrogen and oxygen atoms in total. The smallest absolute Gasteiger partial charge is 0.407 e. The van der Waals surface area contributed by atoms with Gasteiger partial charge in [0, 0.05) is 25.4 Å². The molecule has 0 saturated carbocycles.